The summed E-state index contributed by atoms with van der Waals surface area (Å²) in [4.78, 5) is 0. The molecule has 0 spiro atoms. The number of epoxide rings is 1. The minimum atomic E-state index is 0.322. The largest absolute Gasteiger partial charge is 0.490 e. The van der Waals surface area contributed by atoms with Crippen LogP contribution >= 0.6 is 0 Å². The number of benzene rings is 1. The minimum Gasteiger partial charge on any atom is -0.490 e. The number of ether oxygens (including phenoxy) is 2. The first-order chi connectivity index (χ1) is 16.9. The van der Waals surface area contributed by atoms with E-state index >= 15 is 0 Å². The van der Waals surface area contributed by atoms with Crippen LogP contribution < -0.4 is 4.74 Å². The molecule has 8 bridgehead atoms. The summed E-state index contributed by atoms with van der Waals surface area (Å²) in [5, 5.41) is 0. The van der Waals surface area contributed by atoms with Gasteiger partial charge in [0.25, 0.3) is 0 Å². The molecule has 0 amide bonds. The molecule has 1 unspecified atom stereocenters. The molecule has 8 saturated carbocycles. The molecule has 35 heavy (non-hydrogen) atoms. The second-order valence-corrected chi connectivity index (χ2v) is 15.2. The molecule has 0 radical (unpaired) electrons. The average molecular weight is 475 g/mol. The van der Waals surface area contributed by atoms with E-state index in [0.29, 0.717) is 22.9 Å². The SMILES string of the molecule is Cc1cc(C23CC4CC(CC(C4)C2)C3)c(C(C)C)c(OCC2CO2)c1C12CC3CC(CC(C3)C1)C2. The zero-order chi connectivity index (χ0) is 23.5. The fraction of sp³-hybridized carbons (Fsp3) is 0.818. The van der Waals surface area contributed by atoms with Crippen LogP contribution in [0.15, 0.2) is 6.07 Å². The normalized spacial score (nSPS) is 46.6. The minimum absolute atomic E-state index is 0.322. The van der Waals surface area contributed by atoms with Crippen molar-refractivity contribution in [1.82, 2.24) is 0 Å². The molecule has 2 nitrogen and oxygen atoms in total. The third-order valence-electron chi connectivity index (χ3n) is 12.1. The Bertz CT molecular complexity index is 959. The van der Waals surface area contributed by atoms with Crippen molar-refractivity contribution in [2.24, 2.45) is 35.5 Å². The van der Waals surface area contributed by atoms with E-state index in [2.05, 4.69) is 26.8 Å². The maximum absolute atomic E-state index is 7.00. The molecule has 8 aliphatic carbocycles. The van der Waals surface area contributed by atoms with Crippen LogP contribution in [0.3, 0.4) is 0 Å². The highest BCUT2D eigenvalue weighted by molar-refractivity contribution is 5.58. The van der Waals surface area contributed by atoms with Gasteiger partial charge in [0.05, 0.1) is 6.61 Å². The predicted molar refractivity (Wildman–Crippen MR) is 140 cm³/mol. The number of rotatable bonds is 6. The zero-order valence-electron chi connectivity index (χ0n) is 22.4. The lowest BCUT2D eigenvalue weighted by atomic mass is 9.46. The van der Waals surface area contributed by atoms with Gasteiger partial charge in [-0.2, -0.15) is 0 Å². The topological polar surface area (TPSA) is 21.8 Å². The van der Waals surface area contributed by atoms with E-state index in [1.807, 2.05) is 0 Å². The Balaban J connectivity index is 1.30. The van der Waals surface area contributed by atoms with E-state index in [1.165, 1.54) is 82.8 Å². The van der Waals surface area contributed by atoms with Crippen LogP contribution in [-0.2, 0) is 15.6 Å². The number of hydrogen-bond acceptors (Lipinski definition) is 2. The van der Waals surface area contributed by atoms with E-state index in [9.17, 15) is 0 Å². The molecule has 190 valence electrons. The van der Waals surface area contributed by atoms with Crippen LogP contribution in [0, 0.1) is 42.4 Å². The van der Waals surface area contributed by atoms with Gasteiger partial charge in [0.1, 0.15) is 18.5 Å². The van der Waals surface area contributed by atoms with Crippen molar-refractivity contribution >= 4 is 0 Å². The monoisotopic (exact) mass is 474 g/mol. The fourth-order valence-electron chi connectivity index (χ4n) is 11.8. The van der Waals surface area contributed by atoms with Crippen LogP contribution in [0.5, 0.6) is 5.75 Å². The van der Waals surface area contributed by atoms with Crippen LogP contribution in [-0.4, -0.2) is 19.3 Å². The molecule has 0 aromatic heterocycles. The molecule has 10 rings (SSSR count). The van der Waals surface area contributed by atoms with E-state index in [4.69, 9.17) is 9.47 Å². The molecule has 1 heterocycles. The standard InChI is InChI=1S/C33H46O2/c1-19(2)29-28(32-11-21-5-22(12-32)7-23(6-21)13-32)4-20(3)30(31(29)35-18-27-17-34-27)33-14-24-8-25(15-33)10-26(9-24)16-33/h4,19,21-27H,5-18H2,1-3H3. The molecule has 1 atom stereocenters. The lowest BCUT2D eigenvalue weighted by molar-refractivity contribution is -0.00872. The molecular weight excluding hydrogens is 428 g/mol. The summed E-state index contributed by atoms with van der Waals surface area (Å²) in [7, 11) is 0. The summed E-state index contributed by atoms with van der Waals surface area (Å²) in [6.45, 7) is 9.03. The van der Waals surface area contributed by atoms with Gasteiger partial charge in [0.15, 0.2) is 0 Å². The van der Waals surface area contributed by atoms with Gasteiger partial charge >= 0.3 is 0 Å². The maximum atomic E-state index is 7.00. The van der Waals surface area contributed by atoms with Gasteiger partial charge in [-0.1, -0.05) is 19.9 Å². The Morgan fingerprint density at radius 3 is 1.69 bits per heavy atom. The van der Waals surface area contributed by atoms with Crippen molar-refractivity contribution in [3.8, 4) is 5.75 Å². The maximum Gasteiger partial charge on any atom is 0.127 e. The Morgan fingerprint density at radius 2 is 1.26 bits per heavy atom. The van der Waals surface area contributed by atoms with Gasteiger partial charge in [-0.05, 0) is 142 Å². The average Bonchev–Trinajstić information content (AvgIpc) is 3.59. The lowest BCUT2D eigenvalue weighted by Crippen LogP contribution is -2.50. The second kappa shape index (κ2) is 7.52. The Hall–Kier alpha value is -1.02. The zero-order valence-corrected chi connectivity index (χ0v) is 22.4. The van der Waals surface area contributed by atoms with Crippen molar-refractivity contribution in [2.45, 2.75) is 121 Å². The van der Waals surface area contributed by atoms with E-state index in [0.717, 1.165) is 48.7 Å². The molecule has 9 fully saturated rings. The lowest BCUT2D eigenvalue weighted by Gasteiger charge is -2.59. The quantitative estimate of drug-likeness (QED) is 0.392. The first-order valence-electron chi connectivity index (χ1n) is 15.3. The van der Waals surface area contributed by atoms with Crippen LogP contribution in [0.2, 0.25) is 0 Å². The van der Waals surface area contributed by atoms with Crippen molar-refractivity contribution in [2.75, 3.05) is 13.2 Å². The molecule has 0 N–H and O–H groups in total. The third-order valence-corrected chi connectivity index (χ3v) is 12.1. The molecule has 1 aromatic rings. The second-order valence-electron chi connectivity index (χ2n) is 15.2. The Labute approximate surface area is 212 Å². The molecule has 1 aliphatic heterocycles. The number of aryl methyl sites for hydroxylation is 1. The smallest absolute Gasteiger partial charge is 0.127 e. The predicted octanol–water partition coefficient (Wildman–Crippen LogP) is 7.83. The summed E-state index contributed by atoms with van der Waals surface area (Å²) in [6, 6.07) is 2.75. The highest BCUT2D eigenvalue weighted by Gasteiger charge is 2.56. The molecule has 1 saturated heterocycles. The van der Waals surface area contributed by atoms with Crippen LogP contribution in [0.1, 0.15) is 119 Å². The van der Waals surface area contributed by atoms with Gasteiger partial charge in [0, 0.05) is 16.5 Å². The van der Waals surface area contributed by atoms with Gasteiger partial charge in [-0.25, -0.2) is 0 Å². The summed E-state index contributed by atoms with van der Waals surface area (Å²) in [6.07, 6.45) is 18.0. The first-order valence-corrected chi connectivity index (χ1v) is 15.3. The number of hydrogen-bond donors (Lipinski definition) is 0. The van der Waals surface area contributed by atoms with E-state index < -0.39 is 0 Å². The van der Waals surface area contributed by atoms with Crippen molar-refractivity contribution in [1.29, 1.82) is 0 Å². The van der Waals surface area contributed by atoms with E-state index in [1.54, 1.807) is 22.3 Å². The van der Waals surface area contributed by atoms with Gasteiger partial charge in [-0.3, -0.25) is 0 Å². The van der Waals surface area contributed by atoms with Crippen molar-refractivity contribution in [3.63, 3.8) is 0 Å². The summed E-state index contributed by atoms with van der Waals surface area (Å²) < 4.78 is 12.7. The summed E-state index contributed by atoms with van der Waals surface area (Å²) >= 11 is 0. The Morgan fingerprint density at radius 1 is 0.800 bits per heavy atom. The highest BCUT2D eigenvalue weighted by atomic mass is 16.6. The van der Waals surface area contributed by atoms with Gasteiger partial charge < -0.3 is 9.47 Å². The molecule has 1 aromatic carbocycles. The highest BCUT2D eigenvalue weighted by Crippen LogP contribution is 2.66. The first kappa shape index (κ1) is 22.0. The summed E-state index contributed by atoms with van der Waals surface area (Å²) in [5.41, 5.74) is 7.38. The third kappa shape index (κ3) is 3.37. The van der Waals surface area contributed by atoms with Gasteiger partial charge in [0.2, 0.25) is 0 Å². The van der Waals surface area contributed by atoms with Crippen LogP contribution in [0.25, 0.3) is 0 Å². The molecule has 9 aliphatic rings. The van der Waals surface area contributed by atoms with Gasteiger partial charge in [-0.15, -0.1) is 0 Å². The summed E-state index contributed by atoms with van der Waals surface area (Å²) in [5.74, 6) is 7.70. The van der Waals surface area contributed by atoms with Crippen LogP contribution in [0.4, 0.5) is 0 Å². The van der Waals surface area contributed by atoms with E-state index in [-0.39, 0.29) is 0 Å². The van der Waals surface area contributed by atoms with Crippen molar-refractivity contribution < 1.29 is 9.47 Å². The van der Waals surface area contributed by atoms with Crippen molar-refractivity contribution in [3.05, 3.63) is 28.3 Å². The molecule has 2 heteroatoms. The molecular formula is C33H46O2. The Kier molecular flexibility index (Phi) is 4.73. The fourth-order valence-corrected chi connectivity index (χ4v) is 11.8.